The highest BCUT2D eigenvalue weighted by Gasteiger charge is 2.04. The van der Waals surface area contributed by atoms with E-state index in [-0.39, 0.29) is 6.10 Å². The fourth-order valence-electron chi connectivity index (χ4n) is 1.05. The molecule has 4 nitrogen and oxygen atoms in total. The van der Waals surface area contributed by atoms with E-state index in [0.717, 1.165) is 24.7 Å². The summed E-state index contributed by atoms with van der Waals surface area (Å²) in [6.45, 7) is 9.11. The summed E-state index contributed by atoms with van der Waals surface area (Å²) in [5.74, 6) is 1.54. The Kier molecular flexibility index (Phi) is 10.6. The molecule has 1 aliphatic rings. The van der Waals surface area contributed by atoms with E-state index in [0.29, 0.717) is 0 Å². The Balaban J connectivity index is 0.000000307. The highest BCUT2D eigenvalue weighted by Crippen LogP contribution is 2.28. The summed E-state index contributed by atoms with van der Waals surface area (Å²) in [6, 6.07) is 7.53. The van der Waals surface area contributed by atoms with Gasteiger partial charge >= 0.3 is 0 Å². The maximum absolute atomic E-state index is 8.06. The first-order chi connectivity index (χ1) is 9.11. The molecule has 2 rings (SSSR count). The lowest BCUT2D eigenvalue weighted by atomic mass is 10.3. The van der Waals surface area contributed by atoms with Crippen molar-refractivity contribution in [3.8, 4) is 11.5 Å². The number of aliphatic hydroxyl groups is 1. The van der Waals surface area contributed by atoms with E-state index in [9.17, 15) is 0 Å². The van der Waals surface area contributed by atoms with Crippen LogP contribution in [0.25, 0.3) is 0 Å². The van der Waals surface area contributed by atoms with E-state index >= 15 is 0 Å². The van der Waals surface area contributed by atoms with Crippen LogP contribution in [0, 0.1) is 0 Å². The number of hydrogen-bond acceptors (Lipinski definition) is 4. The quantitative estimate of drug-likeness (QED) is 0.893. The van der Waals surface area contributed by atoms with Crippen molar-refractivity contribution in [2.24, 2.45) is 0 Å². The minimum atomic E-state index is -0.167. The number of hydrogen-bond donors (Lipinski definition) is 1. The molecule has 1 aromatic rings. The molecule has 0 unspecified atom stereocenters. The molecule has 1 N–H and O–H groups in total. The third-order valence-electron chi connectivity index (χ3n) is 1.70. The van der Waals surface area contributed by atoms with Crippen LogP contribution < -0.4 is 9.47 Å². The van der Waals surface area contributed by atoms with Crippen LogP contribution >= 0.6 is 0 Å². The predicted molar refractivity (Wildman–Crippen MR) is 76.4 cm³/mol. The molecular weight excluding hydrogens is 244 g/mol. The van der Waals surface area contributed by atoms with Gasteiger partial charge in [-0.3, -0.25) is 0 Å². The molecule has 0 radical (unpaired) electrons. The first-order valence-electron chi connectivity index (χ1n) is 6.44. The molecule has 4 heteroatoms. The van der Waals surface area contributed by atoms with Crippen molar-refractivity contribution >= 4 is 0 Å². The van der Waals surface area contributed by atoms with Crippen molar-refractivity contribution in [1.29, 1.82) is 0 Å². The zero-order chi connectivity index (χ0) is 14.5. The second kappa shape index (κ2) is 11.6. The number of ether oxygens (including phenoxy) is 3. The maximum Gasteiger partial charge on any atom is 0.169 e. The van der Waals surface area contributed by atoms with Crippen LogP contribution in [-0.2, 0) is 4.74 Å². The van der Waals surface area contributed by atoms with Gasteiger partial charge in [0.05, 0.1) is 0 Å². The van der Waals surface area contributed by atoms with E-state index in [1.807, 2.05) is 38.1 Å². The smallest absolute Gasteiger partial charge is 0.169 e. The summed E-state index contributed by atoms with van der Waals surface area (Å²) in [5.41, 5.74) is 0. The standard InChI is InChI=1S/C8H6O2.C4H10O.C3H8O/c1-2-4-8-7(3-1)9-5-6-10-8;1-3-5-4-2;1-3(2)4/h1-6H;3-4H2,1-2H3;3-4H,1-2H3. The first kappa shape index (κ1) is 17.5. The summed E-state index contributed by atoms with van der Waals surface area (Å²) in [6.07, 6.45) is 2.87. The maximum atomic E-state index is 8.06. The van der Waals surface area contributed by atoms with Gasteiger partial charge < -0.3 is 19.3 Å². The molecule has 1 aromatic carbocycles. The van der Waals surface area contributed by atoms with E-state index in [2.05, 4.69) is 0 Å². The van der Waals surface area contributed by atoms with Crippen LogP contribution in [0.2, 0.25) is 0 Å². The van der Waals surface area contributed by atoms with E-state index in [1.54, 1.807) is 13.8 Å². The molecule has 0 saturated carbocycles. The Hall–Kier alpha value is -1.52. The van der Waals surface area contributed by atoms with Gasteiger partial charge in [-0.25, -0.2) is 0 Å². The summed E-state index contributed by atoms with van der Waals surface area (Å²) in [4.78, 5) is 0. The van der Waals surface area contributed by atoms with Crippen molar-refractivity contribution in [2.45, 2.75) is 33.8 Å². The van der Waals surface area contributed by atoms with Crippen molar-refractivity contribution in [3.63, 3.8) is 0 Å². The summed E-state index contributed by atoms with van der Waals surface area (Å²) in [7, 11) is 0. The molecule has 1 aliphatic heterocycles. The van der Waals surface area contributed by atoms with Crippen LogP contribution in [-0.4, -0.2) is 24.4 Å². The zero-order valence-corrected chi connectivity index (χ0v) is 12.1. The molecule has 108 valence electrons. The molecule has 0 bridgehead atoms. The normalized spacial score (nSPS) is 11.1. The molecule has 0 amide bonds. The summed E-state index contributed by atoms with van der Waals surface area (Å²) >= 11 is 0. The third kappa shape index (κ3) is 10.1. The lowest BCUT2D eigenvalue weighted by Gasteiger charge is -2.10. The zero-order valence-electron chi connectivity index (χ0n) is 12.1. The number of para-hydroxylation sites is 2. The predicted octanol–water partition coefficient (Wildman–Crippen LogP) is 3.36. The van der Waals surface area contributed by atoms with Gasteiger partial charge in [-0.2, -0.15) is 0 Å². The van der Waals surface area contributed by atoms with E-state index in [4.69, 9.17) is 19.3 Å². The fourth-order valence-corrected chi connectivity index (χ4v) is 1.05. The average molecular weight is 268 g/mol. The number of benzene rings is 1. The molecular formula is C15H24O4. The topological polar surface area (TPSA) is 47.9 Å². The highest BCUT2D eigenvalue weighted by atomic mass is 16.5. The lowest BCUT2D eigenvalue weighted by molar-refractivity contribution is 0.162. The SMILES string of the molecule is C1=COc2ccccc2O1.CC(C)O.CCOCC. The van der Waals surface area contributed by atoms with Gasteiger partial charge in [-0.05, 0) is 39.8 Å². The Bertz CT molecular complexity index is 316. The average Bonchev–Trinajstić information content (AvgIpc) is 2.40. The minimum absolute atomic E-state index is 0.167. The van der Waals surface area contributed by atoms with Gasteiger partial charge in [0.2, 0.25) is 0 Å². The van der Waals surface area contributed by atoms with Gasteiger partial charge in [0.15, 0.2) is 11.5 Å². The van der Waals surface area contributed by atoms with Gasteiger partial charge in [0.25, 0.3) is 0 Å². The molecule has 0 saturated heterocycles. The second-order valence-corrected chi connectivity index (χ2v) is 3.83. The molecule has 0 atom stereocenters. The Labute approximate surface area is 115 Å². The molecule has 0 aliphatic carbocycles. The van der Waals surface area contributed by atoms with Crippen LogP contribution in [0.4, 0.5) is 0 Å². The number of aliphatic hydroxyl groups excluding tert-OH is 1. The lowest BCUT2D eigenvalue weighted by Crippen LogP contribution is -1.94. The molecule has 0 spiro atoms. The number of fused-ring (bicyclic) bond motifs is 1. The first-order valence-corrected chi connectivity index (χ1v) is 6.44. The fraction of sp³-hybridized carbons (Fsp3) is 0.467. The Morgan fingerprint density at radius 2 is 1.37 bits per heavy atom. The van der Waals surface area contributed by atoms with Crippen LogP contribution in [0.5, 0.6) is 11.5 Å². The Morgan fingerprint density at radius 1 is 1.00 bits per heavy atom. The van der Waals surface area contributed by atoms with Crippen molar-refractivity contribution in [3.05, 3.63) is 36.8 Å². The molecule has 19 heavy (non-hydrogen) atoms. The van der Waals surface area contributed by atoms with Gasteiger partial charge in [0.1, 0.15) is 12.5 Å². The monoisotopic (exact) mass is 268 g/mol. The number of rotatable bonds is 2. The largest absolute Gasteiger partial charge is 0.458 e. The van der Waals surface area contributed by atoms with E-state index < -0.39 is 0 Å². The van der Waals surface area contributed by atoms with Gasteiger partial charge in [-0.1, -0.05) is 12.1 Å². The van der Waals surface area contributed by atoms with Crippen molar-refractivity contribution in [2.75, 3.05) is 13.2 Å². The van der Waals surface area contributed by atoms with Crippen LogP contribution in [0.1, 0.15) is 27.7 Å². The summed E-state index contributed by atoms with van der Waals surface area (Å²) in [5, 5.41) is 8.06. The third-order valence-corrected chi connectivity index (χ3v) is 1.70. The summed E-state index contributed by atoms with van der Waals surface area (Å²) < 4.78 is 15.1. The highest BCUT2D eigenvalue weighted by molar-refractivity contribution is 5.41. The van der Waals surface area contributed by atoms with Crippen molar-refractivity contribution < 1.29 is 19.3 Å². The van der Waals surface area contributed by atoms with Crippen LogP contribution in [0.15, 0.2) is 36.8 Å². The second-order valence-electron chi connectivity index (χ2n) is 3.83. The minimum Gasteiger partial charge on any atom is -0.458 e. The van der Waals surface area contributed by atoms with Crippen molar-refractivity contribution in [1.82, 2.24) is 0 Å². The van der Waals surface area contributed by atoms with Gasteiger partial charge in [0, 0.05) is 19.3 Å². The van der Waals surface area contributed by atoms with Gasteiger partial charge in [-0.15, -0.1) is 0 Å². The Morgan fingerprint density at radius 3 is 1.63 bits per heavy atom. The molecule has 0 aromatic heterocycles. The molecule has 1 heterocycles. The van der Waals surface area contributed by atoms with E-state index in [1.165, 1.54) is 12.5 Å². The molecule has 0 fully saturated rings. The van der Waals surface area contributed by atoms with Crippen LogP contribution in [0.3, 0.4) is 0 Å².